The lowest BCUT2D eigenvalue weighted by Crippen LogP contribution is -2.41. The number of rotatable bonds is 5. The Balaban J connectivity index is 1.35. The van der Waals surface area contributed by atoms with Crippen LogP contribution in [0.1, 0.15) is 22.0 Å². The summed E-state index contributed by atoms with van der Waals surface area (Å²) >= 11 is 1.71. The average Bonchev–Trinajstić information content (AvgIpc) is 3.42. The summed E-state index contributed by atoms with van der Waals surface area (Å²) in [5, 5.41) is 11.0. The second-order valence-electron chi connectivity index (χ2n) is 7.35. The van der Waals surface area contributed by atoms with Gasteiger partial charge in [-0.15, -0.1) is 16.9 Å². The fourth-order valence-electron chi connectivity index (χ4n) is 3.75. The number of carbonyl (C=O) groups excluding carboxylic acids is 2. The zero-order valence-electron chi connectivity index (χ0n) is 17.4. The minimum Gasteiger partial charge on any atom is -0.452 e. The SMILES string of the molecule is O=C(OCC(=O)N1c2ccccc2SCC1c1ccccc1)c1cccc(-n2cnnn2)c1. The number of fused-ring (bicyclic) bond motifs is 1. The van der Waals surface area contributed by atoms with Gasteiger partial charge in [0.25, 0.3) is 5.91 Å². The first-order valence-electron chi connectivity index (χ1n) is 10.3. The molecule has 1 aliphatic rings. The van der Waals surface area contributed by atoms with E-state index in [0.717, 1.165) is 16.1 Å². The third kappa shape index (κ3) is 4.35. The highest BCUT2D eigenvalue weighted by molar-refractivity contribution is 7.99. The number of para-hydroxylation sites is 1. The first kappa shape index (κ1) is 20.9. The summed E-state index contributed by atoms with van der Waals surface area (Å²) in [5.41, 5.74) is 2.79. The van der Waals surface area contributed by atoms with Crippen molar-refractivity contribution in [3.63, 3.8) is 0 Å². The Kier molecular flexibility index (Phi) is 5.86. The van der Waals surface area contributed by atoms with Gasteiger partial charge in [0.05, 0.1) is 23.0 Å². The maximum absolute atomic E-state index is 13.3. The second kappa shape index (κ2) is 9.25. The number of ether oxygens (including phenoxy) is 1. The number of carbonyl (C=O) groups is 2. The predicted octanol–water partition coefficient (Wildman–Crippen LogP) is 3.70. The van der Waals surface area contributed by atoms with Crippen LogP contribution in [0.5, 0.6) is 0 Å². The van der Waals surface area contributed by atoms with Gasteiger partial charge in [-0.1, -0.05) is 48.5 Å². The molecule has 1 amide bonds. The molecule has 0 aliphatic carbocycles. The van der Waals surface area contributed by atoms with E-state index in [-0.39, 0.29) is 18.6 Å². The molecule has 0 radical (unpaired) electrons. The lowest BCUT2D eigenvalue weighted by molar-refractivity contribution is -0.122. The van der Waals surface area contributed by atoms with Gasteiger partial charge in [0.15, 0.2) is 6.61 Å². The maximum atomic E-state index is 13.3. The molecule has 0 saturated carbocycles. The summed E-state index contributed by atoms with van der Waals surface area (Å²) in [5.74, 6) is -0.148. The number of thioether (sulfide) groups is 1. The first-order chi connectivity index (χ1) is 16.2. The number of aromatic nitrogens is 4. The van der Waals surface area contributed by atoms with Crippen molar-refractivity contribution in [3.8, 4) is 5.69 Å². The highest BCUT2D eigenvalue weighted by Crippen LogP contribution is 2.43. The van der Waals surface area contributed by atoms with Crippen molar-refractivity contribution in [2.24, 2.45) is 0 Å². The van der Waals surface area contributed by atoms with E-state index in [1.54, 1.807) is 40.9 Å². The van der Waals surface area contributed by atoms with Gasteiger partial charge in [-0.25, -0.2) is 9.48 Å². The number of hydrogen-bond acceptors (Lipinski definition) is 7. The van der Waals surface area contributed by atoms with Crippen LogP contribution in [0.2, 0.25) is 0 Å². The van der Waals surface area contributed by atoms with E-state index >= 15 is 0 Å². The van der Waals surface area contributed by atoms with Crippen LogP contribution in [-0.4, -0.2) is 44.4 Å². The van der Waals surface area contributed by atoms with Gasteiger partial charge >= 0.3 is 5.97 Å². The van der Waals surface area contributed by atoms with E-state index in [1.807, 2.05) is 54.6 Å². The maximum Gasteiger partial charge on any atom is 0.338 e. The molecule has 33 heavy (non-hydrogen) atoms. The van der Waals surface area contributed by atoms with Gasteiger partial charge in [0, 0.05) is 10.6 Å². The van der Waals surface area contributed by atoms with E-state index in [4.69, 9.17) is 4.74 Å². The molecule has 0 spiro atoms. The van der Waals surface area contributed by atoms with E-state index in [2.05, 4.69) is 15.5 Å². The molecular weight excluding hydrogens is 438 g/mol. The first-order valence-corrected chi connectivity index (χ1v) is 11.3. The molecule has 164 valence electrons. The summed E-state index contributed by atoms with van der Waals surface area (Å²) in [4.78, 5) is 28.8. The van der Waals surface area contributed by atoms with E-state index in [0.29, 0.717) is 17.0 Å². The van der Waals surface area contributed by atoms with Crippen LogP contribution >= 0.6 is 11.8 Å². The second-order valence-corrected chi connectivity index (χ2v) is 8.41. The van der Waals surface area contributed by atoms with Crippen molar-refractivity contribution < 1.29 is 14.3 Å². The van der Waals surface area contributed by atoms with E-state index in [9.17, 15) is 9.59 Å². The van der Waals surface area contributed by atoms with Crippen molar-refractivity contribution in [2.45, 2.75) is 10.9 Å². The van der Waals surface area contributed by atoms with E-state index < -0.39 is 5.97 Å². The Morgan fingerprint density at radius 3 is 2.64 bits per heavy atom. The molecular formula is C24H19N5O3S. The third-order valence-electron chi connectivity index (χ3n) is 5.31. The molecule has 5 rings (SSSR count). The minimum atomic E-state index is -0.589. The fourth-order valence-corrected chi connectivity index (χ4v) is 4.92. The number of benzene rings is 3. The average molecular weight is 458 g/mol. The van der Waals surface area contributed by atoms with Crippen LogP contribution in [0.25, 0.3) is 5.69 Å². The number of hydrogen-bond donors (Lipinski definition) is 0. The molecule has 8 nitrogen and oxygen atoms in total. The van der Waals surface area contributed by atoms with Crippen LogP contribution in [0.3, 0.4) is 0 Å². The Morgan fingerprint density at radius 1 is 1.00 bits per heavy atom. The molecule has 0 bridgehead atoms. The number of tetrazole rings is 1. The summed E-state index contributed by atoms with van der Waals surface area (Å²) in [6, 6.07) is 24.2. The number of nitrogens with zero attached hydrogens (tertiary/aromatic N) is 5. The lowest BCUT2D eigenvalue weighted by atomic mass is 10.1. The quantitative estimate of drug-likeness (QED) is 0.422. The molecule has 1 aromatic heterocycles. The fraction of sp³-hybridized carbons (Fsp3) is 0.125. The van der Waals surface area contributed by atoms with Crippen LogP contribution in [0.4, 0.5) is 5.69 Å². The van der Waals surface area contributed by atoms with Crippen molar-refractivity contribution in [3.05, 3.63) is 96.3 Å². The van der Waals surface area contributed by atoms with Crippen LogP contribution < -0.4 is 4.90 Å². The molecule has 0 saturated heterocycles. The van der Waals surface area contributed by atoms with Gasteiger partial charge in [-0.3, -0.25) is 9.69 Å². The molecule has 0 N–H and O–H groups in total. The highest BCUT2D eigenvalue weighted by Gasteiger charge is 2.33. The number of esters is 1. The van der Waals surface area contributed by atoms with Crippen molar-refractivity contribution in [2.75, 3.05) is 17.3 Å². The summed E-state index contributed by atoms with van der Waals surface area (Å²) in [7, 11) is 0. The van der Waals surface area contributed by atoms with E-state index in [1.165, 1.54) is 11.0 Å². The third-order valence-corrected chi connectivity index (χ3v) is 6.45. The normalized spacial score (nSPS) is 15.0. The Hall–Kier alpha value is -3.98. The van der Waals surface area contributed by atoms with Gasteiger partial charge in [-0.05, 0) is 46.3 Å². The summed E-state index contributed by atoms with van der Waals surface area (Å²) in [6.45, 7) is -0.365. The molecule has 1 aliphatic heterocycles. The number of amides is 1. The highest BCUT2D eigenvalue weighted by atomic mass is 32.2. The monoisotopic (exact) mass is 457 g/mol. The molecule has 4 aromatic rings. The summed E-state index contributed by atoms with van der Waals surface area (Å²) in [6.07, 6.45) is 1.43. The standard InChI is InChI=1S/C24H19N5O3S/c30-23(14-32-24(31)18-9-6-10-19(13-18)28-16-25-26-27-28)29-20-11-4-5-12-22(20)33-15-21(29)17-7-2-1-3-8-17/h1-13,16,21H,14-15H2. The molecule has 1 unspecified atom stereocenters. The van der Waals surface area contributed by atoms with Gasteiger partial charge in [0.2, 0.25) is 0 Å². The molecule has 0 fully saturated rings. The Bertz CT molecular complexity index is 1280. The lowest BCUT2D eigenvalue weighted by Gasteiger charge is -2.37. The molecule has 2 heterocycles. The van der Waals surface area contributed by atoms with Crippen molar-refractivity contribution in [1.82, 2.24) is 20.2 Å². The number of anilines is 1. The minimum absolute atomic E-state index is 0.152. The predicted molar refractivity (Wildman–Crippen MR) is 123 cm³/mol. The zero-order valence-corrected chi connectivity index (χ0v) is 18.3. The van der Waals surface area contributed by atoms with Gasteiger partial charge < -0.3 is 4.74 Å². The van der Waals surface area contributed by atoms with Gasteiger partial charge in [0.1, 0.15) is 6.33 Å². The molecule has 1 atom stereocenters. The summed E-state index contributed by atoms with van der Waals surface area (Å²) < 4.78 is 6.86. The van der Waals surface area contributed by atoms with Crippen molar-refractivity contribution in [1.29, 1.82) is 0 Å². The Labute approximate surface area is 194 Å². The van der Waals surface area contributed by atoms with Crippen molar-refractivity contribution >= 4 is 29.3 Å². The Morgan fingerprint density at radius 2 is 1.82 bits per heavy atom. The smallest absolute Gasteiger partial charge is 0.338 e. The topological polar surface area (TPSA) is 90.2 Å². The molecule has 3 aromatic carbocycles. The zero-order chi connectivity index (χ0) is 22.6. The van der Waals surface area contributed by atoms with Gasteiger partial charge in [-0.2, -0.15) is 0 Å². The van der Waals surface area contributed by atoms with Crippen LogP contribution in [-0.2, 0) is 9.53 Å². The van der Waals surface area contributed by atoms with Crippen LogP contribution in [0, 0.1) is 0 Å². The molecule has 9 heteroatoms. The largest absolute Gasteiger partial charge is 0.452 e. The van der Waals surface area contributed by atoms with Crippen LogP contribution in [0.15, 0.2) is 90.1 Å².